The van der Waals surface area contributed by atoms with Gasteiger partial charge in [-0.1, -0.05) is 96.3 Å². The van der Waals surface area contributed by atoms with Crippen LogP contribution in [-0.2, 0) is 72.8 Å². The summed E-state index contributed by atoms with van der Waals surface area (Å²) in [6, 6.07) is 9.66. The molecule has 6 rings (SSSR count). The fourth-order valence-electron chi connectivity index (χ4n) is 12.7. The number of nitrogens with one attached hydrogen (secondary N) is 4. The summed E-state index contributed by atoms with van der Waals surface area (Å²) in [5, 5.41) is 33.8. The quantitative estimate of drug-likeness (QED) is 0.0289. The molecule has 93 heavy (non-hydrogen) atoms. The number of ether oxygens (including phenoxy) is 4. The largest absolute Gasteiger partial charge is 0.484 e. The molecule has 3 heterocycles. The van der Waals surface area contributed by atoms with Gasteiger partial charge in [-0.05, 0) is 97.3 Å². The molecule has 1 aromatic heterocycles. The lowest BCUT2D eigenvalue weighted by molar-refractivity contribution is -0.396. The van der Waals surface area contributed by atoms with Gasteiger partial charge in [-0.15, -0.1) is 0 Å². The Labute approximate surface area is 544 Å². The second-order valence-electron chi connectivity index (χ2n) is 25.4. The van der Waals surface area contributed by atoms with Crippen molar-refractivity contribution in [2.24, 2.45) is 42.6 Å². The molecule has 1 aliphatic carbocycles. The Morgan fingerprint density at radius 3 is 2.10 bits per heavy atom. The van der Waals surface area contributed by atoms with Crippen molar-refractivity contribution < 1.29 is 72.1 Å². The maximum atomic E-state index is 14.9. The molecule has 2 fully saturated rings. The monoisotopic (exact) mass is 1300 g/mol. The van der Waals surface area contributed by atoms with Gasteiger partial charge in [0.15, 0.2) is 5.69 Å². The van der Waals surface area contributed by atoms with Crippen LogP contribution in [0.4, 0.5) is 16.4 Å². The van der Waals surface area contributed by atoms with Gasteiger partial charge in [0.05, 0.1) is 68.1 Å². The molecule has 3 aromatic rings. The lowest BCUT2D eigenvalue weighted by atomic mass is 9.81. The number of likely N-dealkylation sites (tertiary alicyclic amines) is 1. The van der Waals surface area contributed by atoms with Crippen LogP contribution in [0.5, 0.6) is 5.75 Å². The van der Waals surface area contributed by atoms with Crippen molar-refractivity contribution in [3.05, 3.63) is 93.8 Å². The molecular formula is C66H95N11O16. The molecule has 0 unspecified atom stereocenters. The van der Waals surface area contributed by atoms with E-state index in [2.05, 4.69) is 26.3 Å². The van der Waals surface area contributed by atoms with Crippen molar-refractivity contribution in [3.8, 4) is 5.75 Å². The molecule has 1 saturated carbocycles. The first-order valence-corrected chi connectivity index (χ1v) is 32.0. The summed E-state index contributed by atoms with van der Waals surface area (Å²) in [4.78, 5) is 143. The SMILES string of the molecule is CC[C@H](C)[C@@H]([C@@H](CC(=O)N1CCC[C@H]1[C@H](OC)[C@@H](C)C(=O)N[C@H](C)[C@@H](O)c1ccccc1)OC)N(C)C(=O)[C@@H](NC(=O)[C@H](C(C)C)N(C)C(=O)OCc1ccc(OCc2cnc([N+](=O)[O-])n2C)c(NC(=O)CNC(=O)C2CCC(CN3C(=O)C=CC3=O)CC2)c1)C(C)C. The Balaban J connectivity index is 1.09. The lowest BCUT2D eigenvalue weighted by Crippen LogP contribution is -2.60. The number of hydrogen-bond acceptors (Lipinski definition) is 17. The molecule has 10 atom stereocenters. The Hall–Kier alpha value is -8.30. The number of aromatic nitrogens is 2. The Kier molecular flexibility index (Phi) is 27.0. The smallest absolute Gasteiger partial charge is 0.434 e. The number of carbonyl (C=O) groups is 9. The van der Waals surface area contributed by atoms with Crippen molar-refractivity contribution in [1.29, 1.82) is 0 Å². The molecule has 0 bridgehead atoms. The normalized spacial score (nSPS) is 19.4. The van der Waals surface area contributed by atoms with Gasteiger partial charge in [-0.3, -0.25) is 48.2 Å². The minimum atomic E-state index is -1.14. The number of nitrogens with zero attached hydrogens (tertiary/aromatic N) is 7. The molecular weight excluding hydrogens is 1200 g/mol. The van der Waals surface area contributed by atoms with Gasteiger partial charge in [0, 0.05) is 59.5 Å². The molecule has 0 radical (unpaired) electrons. The van der Waals surface area contributed by atoms with Gasteiger partial charge in [0.1, 0.15) is 37.2 Å². The summed E-state index contributed by atoms with van der Waals surface area (Å²) >= 11 is 0. The number of imidazole rings is 1. The fraction of sp³-hybridized carbons (Fsp3) is 0.606. The molecule has 510 valence electrons. The van der Waals surface area contributed by atoms with Gasteiger partial charge >= 0.3 is 12.0 Å². The summed E-state index contributed by atoms with van der Waals surface area (Å²) in [5.74, 6) is -5.80. The van der Waals surface area contributed by atoms with E-state index in [0.717, 1.165) is 4.90 Å². The standard InChI is InChI=1S/C66H95N11O16/c1-14-40(6)58(51(90-12)32-55(81)75-30-18-21-49(75)60(91-13)41(7)61(83)69-42(8)59(82)45-19-16-15-17-20-45)73(10)64(86)56(38(2)3)71-63(85)57(39(4)5)74(11)66(87)93-36-44-24-27-50(92-37-47-33-68-65(72(47)9)77(88)89)48(31-44)70-52(78)34-67-62(84)46-25-22-43(23-26-46)35-76-53(79)28-29-54(76)80/h15-17,19-20,24,27-29,31,33,38-43,46,49,51,56-60,82H,14,18,21-23,25-26,30,32,34-37H2,1-13H3,(H,67,84)(H,69,83)(H,70,78)(H,71,85)/t40-,41+,42+,43?,46?,49-,51+,56-,57-,58-,59+,60+/m0/s1. The van der Waals surface area contributed by atoms with Crippen LogP contribution in [0.3, 0.4) is 0 Å². The van der Waals surface area contributed by atoms with Crippen molar-refractivity contribution in [2.75, 3.05) is 53.3 Å². The number of likely N-dealkylation sites (N-methyl/N-ethyl adjacent to an activating group) is 2. The molecule has 9 amide bonds. The number of methoxy groups -OCH3 is 2. The van der Waals surface area contributed by atoms with Crippen LogP contribution in [0.2, 0.25) is 0 Å². The second-order valence-corrected chi connectivity index (χ2v) is 25.4. The maximum absolute atomic E-state index is 14.9. The predicted molar refractivity (Wildman–Crippen MR) is 342 cm³/mol. The second kappa shape index (κ2) is 34.0. The van der Waals surface area contributed by atoms with Gasteiger partial charge < -0.3 is 65.2 Å². The molecule has 3 aliphatic rings. The highest BCUT2D eigenvalue weighted by atomic mass is 16.6. The average molecular weight is 1300 g/mol. The number of imide groups is 1. The number of aliphatic hydroxyl groups excluding tert-OH is 1. The third-order valence-corrected chi connectivity index (χ3v) is 18.3. The third kappa shape index (κ3) is 19.0. The van der Waals surface area contributed by atoms with Gasteiger partial charge in [0.25, 0.3) is 11.8 Å². The van der Waals surface area contributed by atoms with E-state index in [-0.39, 0.29) is 79.0 Å². The van der Waals surface area contributed by atoms with E-state index in [1.54, 1.807) is 71.7 Å². The zero-order valence-corrected chi connectivity index (χ0v) is 55.8. The first kappa shape index (κ1) is 73.7. The number of aliphatic hydroxyl groups is 1. The summed E-state index contributed by atoms with van der Waals surface area (Å²) in [6.07, 6.45) is 4.41. The van der Waals surface area contributed by atoms with E-state index in [0.29, 0.717) is 68.3 Å². The first-order valence-electron chi connectivity index (χ1n) is 32.0. The number of rotatable bonds is 32. The molecule has 2 aromatic carbocycles. The number of carbonyl (C=O) groups excluding carboxylic acids is 9. The van der Waals surface area contributed by atoms with E-state index in [9.17, 15) is 58.4 Å². The van der Waals surface area contributed by atoms with E-state index in [1.165, 1.54) is 73.2 Å². The fourth-order valence-corrected chi connectivity index (χ4v) is 12.7. The van der Waals surface area contributed by atoms with Crippen LogP contribution < -0.4 is 26.0 Å². The molecule has 5 N–H and O–H groups in total. The van der Waals surface area contributed by atoms with Crippen LogP contribution in [0.1, 0.15) is 130 Å². The Bertz CT molecular complexity index is 3130. The van der Waals surface area contributed by atoms with Gasteiger partial charge in [-0.25, -0.2) is 9.36 Å². The average Bonchev–Trinajstić information content (AvgIpc) is 1.86. The minimum absolute atomic E-state index is 0.0421. The first-order chi connectivity index (χ1) is 44.1. The van der Waals surface area contributed by atoms with Crippen molar-refractivity contribution >= 4 is 65.0 Å². The van der Waals surface area contributed by atoms with Crippen molar-refractivity contribution in [3.63, 3.8) is 0 Å². The van der Waals surface area contributed by atoms with Crippen LogP contribution in [-0.4, -0.2) is 183 Å². The maximum Gasteiger partial charge on any atom is 0.434 e. The predicted octanol–water partition coefficient (Wildman–Crippen LogP) is 5.59. The number of anilines is 1. The summed E-state index contributed by atoms with van der Waals surface area (Å²) < 4.78 is 25.1. The lowest BCUT2D eigenvalue weighted by Gasteiger charge is -2.41. The van der Waals surface area contributed by atoms with E-state index in [1.807, 2.05) is 32.0 Å². The molecule has 2 aliphatic heterocycles. The van der Waals surface area contributed by atoms with Gasteiger partial charge in [-0.2, -0.15) is 0 Å². The van der Waals surface area contributed by atoms with E-state index >= 15 is 0 Å². The highest BCUT2D eigenvalue weighted by Gasteiger charge is 2.44. The molecule has 1 saturated heterocycles. The summed E-state index contributed by atoms with van der Waals surface area (Å²) in [6.45, 7) is 14.2. The highest BCUT2D eigenvalue weighted by molar-refractivity contribution is 6.12. The minimum Gasteiger partial charge on any atom is -0.484 e. The molecule has 0 spiro atoms. The van der Waals surface area contributed by atoms with Crippen LogP contribution in [0, 0.1) is 45.6 Å². The Morgan fingerprint density at radius 2 is 1.51 bits per heavy atom. The molecule has 27 heteroatoms. The summed E-state index contributed by atoms with van der Waals surface area (Å²) in [5.41, 5.74) is 1.48. The number of amides is 9. The van der Waals surface area contributed by atoms with Crippen molar-refractivity contribution in [1.82, 2.24) is 45.1 Å². The summed E-state index contributed by atoms with van der Waals surface area (Å²) in [7, 11) is 7.48. The van der Waals surface area contributed by atoms with Crippen molar-refractivity contribution in [2.45, 2.75) is 168 Å². The van der Waals surface area contributed by atoms with Crippen LogP contribution in [0.25, 0.3) is 0 Å². The Morgan fingerprint density at radius 1 is 0.839 bits per heavy atom. The zero-order chi connectivity index (χ0) is 68.5. The third-order valence-electron chi connectivity index (χ3n) is 18.3. The highest BCUT2D eigenvalue weighted by Crippen LogP contribution is 2.33. The van der Waals surface area contributed by atoms with E-state index in [4.69, 9.17) is 18.9 Å². The number of nitro groups is 1. The number of benzene rings is 2. The number of hydrogen-bond donors (Lipinski definition) is 5. The van der Waals surface area contributed by atoms with Crippen LogP contribution in [0.15, 0.2) is 66.9 Å². The van der Waals surface area contributed by atoms with Gasteiger partial charge in [0.2, 0.25) is 35.4 Å². The van der Waals surface area contributed by atoms with Crippen LogP contribution >= 0.6 is 0 Å². The molecule has 27 nitrogen and oxygen atoms in total. The topological polar surface area (TPSA) is 333 Å². The zero-order valence-electron chi connectivity index (χ0n) is 55.8. The van der Waals surface area contributed by atoms with E-state index < -0.39 is 113 Å².